The van der Waals surface area contributed by atoms with Crippen molar-refractivity contribution in [2.24, 2.45) is 0 Å². The van der Waals surface area contributed by atoms with Crippen molar-refractivity contribution in [3.8, 4) is 0 Å². The minimum Gasteiger partial charge on any atom is -0.339 e. The van der Waals surface area contributed by atoms with Crippen LogP contribution < -0.4 is 5.32 Å². The van der Waals surface area contributed by atoms with Crippen LogP contribution in [0.2, 0.25) is 0 Å². The third-order valence-electron chi connectivity index (χ3n) is 4.41. The Bertz CT molecular complexity index is 462. The number of amides is 1. The minimum atomic E-state index is 0.155. The van der Waals surface area contributed by atoms with Gasteiger partial charge in [-0.1, -0.05) is 0 Å². The molecule has 2 aliphatic rings. The average Bonchev–Trinajstić information content (AvgIpc) is 2.76. The molecule has 2 unspecified atom stereocenters. The van der Waals surface area contributed by atoms with Crippen molar-refractivity contribution in [1.29, 1.82) is 0 Å². The van der Waals surface area contributed by atoms with E-state index in [2.05, 4.69) is 27.9 Å². The Balaban J connectivity index is 1.71. The number of nitrogens with one attached hydrogen (secondary N) is 1. The van der Waals surface area contributed by atoms with Gasteiger partial charge in [-0.2, -0.15) is 0 Å². The quantitative estimate of drug-likeness (QED) is 0.812. The first-order chi connectivity index (χ1) is 9.13. The number of piperidine rings is 1. The van der Waals surface area contributed by atoms with Crippen LogP contribution in [0.3, 0.4) is 0 Å². The Morgan fingerprint density at radius 2 is 1.79 bits per heavy atom. The Kier molecular flexibility index (Phi) is 3.80. The van der Waals surface area contributed by atoms with E-state index in [1.165, 1.54) is 12.8 Å². The van der Waals surface area contributed by atoms with Gasteiger partial charge in [0.1, 0.15) is 0 Å². The molecular formula is C15H19IN2O. The lowest BCUT2D eigenvalue weighted by molar-refractivity contribution is 0.0681. The van der Waals surface area contributed by atoms with E-state index >= 15 is 0 Å². The monoisotopic (exact) mass is 370 g/mol. The standard InChI is InChI=1S/C15H19IN2O/c1-18(14-8-12-6-7-13(9-14)17-12)15(19)10-2-4-11(16)5-3-10/h2-5,12-14,17H,6-9H2,1H3. The summed E-state index contributed by atoms with van der Waals surface area (Å²) in [6, 6.07) is 9.48. The van der Waals surface area contributed by atoms with E-state index in [1.54, 1.807) is 0 Å². The summed E-state index contributed by atoms with van der Waals surface area (Å²) in [7, 11) is 1.95. The molecule has 0 radical (unpaired) electrons. The number of carbonyl (C=O) groups excluding carboxylic acids is 1. The van der Waals surface area contributed by atoms with Crippen LogP contribution in [-0.2, 0) is 0 Å². The van der Waals surface area contributed by atoms with E-state index in [9.17, 15) is 4.79 Å². The number of carbonyl (C=O) groups is 1. The van der Waals surface area contributed by atoms with Gasteiger partial charge < -0.3 is 10.2 Å². The van der Waals surface area contributed by atoms with Crippen LogP contribution in [-0.4, -0.2) is 36.0 Å². The maximum atomic E-state index is 12.5. The molecular weight excluding hydrogens is 351 g/mol. The van der Waals surface area contributed by atoms with E-state index in [0.717, 1.165) is 22.0 Å². The van der Waals surface area contributed by atoms with Gasteiger partial charge in [-0.25, -0.2) is 0 Å². The van der Waals surface area contributed by atoms with E-state index < -0.39 is 0 Å². The number of hydrogen-bond acceptors (Lipinski definition) is 2. The molecule has 2 atom stereocenters. The minimum absolute atomic E-state index is 0.155. The van der Waals surface area contributed by atoms with Gasteiger partial charge in [-0.15, -0.1) is 0 Å². The highest BCUT2D eigenvalue weighted by Gasteiger charge is 2.36. The van der Waals surface area contributed by atoms with Gasteiger partial charge in [0.15, 0.2) is 0 Å². The lowest BCUT2D eigenvalue weighted by Crippen LogP contribution is -2.48. The Hall–Kier alpha value is -0.620. The molecule has 3 nitrogen and oxygen atoms in total. The molecule has 0 aliphatic carbocycles. The number of fused-ring (bicyclic) bond motifs is 2. The summed E-state index contributed by atoms with van der Waals surface area (Å²) >= 11 is 2.26. The summed E-state index contributed by atoms with van der Waals surface area (Å²) in [5.74, 6) is 0.155. The van der Waals surface area contributed by atoms with Crippen LogP contribution in [0, 0.1) is 3.57 Å². The predicted octanol–water partition coefficient (Wildman–Crippen LogP) is 2.65. The summed E-state index contributed by atoms with van der Waals surface area (Å²) in [6.07, 6.45) is 4.74. The average molecular weight is 370 g/mol. The topological polar surface area (TPSA) is 32.3 Å². The first-order valence-corrected chi connectivity index (χ1v) is 8.00. The van der Waals surface area contributed by atoms with Crippen LogP contribution >= 0.6 is 22.6 Å². The zero-order chi connectivity index (χ0) is 13.4. The number of halogens is 1. The zero-order valence-electron chi connectivity index (χ0n) is 11.1. The van der Waals surface area contributed by atoms with Crippen LogP contribution in [0.5, 0.6) is 0 Å². The van der Waals surface area contributed by atoms with Gasteiger partial charge in [0.05, 0.1) is 0 Å². The van der Waals surface area contributed by atoms with Crippen molar-refractivity contribution in [3.05, 3.63) is 33.4 Å². The largest absolute Gasteiger partial charge is 0.339 e. The van der Waals surface area contributed by atoms with Crippen LogP contribution in [0.4, 0.5) is 0 Å². The van der Waals surface area contributed by atoms with Crippen LogP contribution in [0.15, 0.2) is 24.3 Å². The second kappa shape index (κ2) is 5.40. The Morgan fingerprint density at radius 3 is 2.37 bits per heavy atom. The van der Waals surface area contributed by atoms with Crippen LogP contribution in [0.25, 0.3) is 0 Å². The molecule has 102 valence electrons. The molecule has 1 amide bonds. The van der Waals surface area contributed by atoms with Gasteiger partial charge in [0.2, 0.25) is 0 Å². The van der Waals surface area contributed by atoms with E-state index in [-0.39, 0.29) is 5.91 Å². The molecule has 4 heteroatoms. The van der Waals surface area contributed by atoms with E-state index in [1.807, 2.05) is 36.2 Å². The highest BCUT2D eigenvalue weighted by Crippen LogP contribution is 2.29. The molecule has 0 saturated carbocycles. The number of nitrogens with zero attached hydrogens (tertiary/aromatic N) is 1. The molecule has 2 fully saturated rings. The van der Waals surface area contributed by atoms with Crippen molar-refractivity contribution < 1.29 is 4.79 Å². The summed E-state index contributed by atoms with van der Waals surface area (Å²) in [5, 5.41) is 3.62. The molecule has 0 aromatic heterocycles. The fourth-order valence-electron chi connectivity index (χ4n) is 3.31. The molecule has 2 bridgehead atoms. The summed E-state index contributed by atoms with van der Waals surface area (Å²) in [5.41, 5.74) is 0.800. The normalized spacial score (nSPS) is 29.3. The fraction of sp³-hybridized carbons (Fsp3) is 0.533. The van der Waals surface area contributed by atoms with Gasteiger partial charge >= 0.3 is 0 Å². The van der Waals surface area contributed by atoms with Crippen molar-refractivity contribution in [3.63, 3.8) is 0 Å². The molecule has 2 heterocycles. The predicted molar refractivity (Wildman–Crippen MR) is 84.2 cm³/mol. The highest BCUT2D eigenvalue weighted by molar-refractivity contribution is 14.1. The summed E-state index contributed by atoms with van der Waals surface area (Å²) in [4.78, 5) is 14.4. The van der Waals surface area contributed by atoms with Gasteiger partial charge in [0.25, 0.3) is 5.91 Å². The van der Waals surface area contributed by atoms with E-state index in [4.69, 9.17) is 0 Å². The molecule has 1 N–H and O–H groups in total. The number of hydrogen-bond donors (Lipinski definition) is 1. The molecule has 0 spiro atoms. The maximum absolute atomic E-state index is 12.5. The third kappa shape index (κ3) is 2.79. The molecule has 1 aromatic rings. The van der Waals surface area contributed by atoms with Gasteiger partial charge in [-0.05, 0) is 72.5 Å². The molecule has 3 rings (SSSR count). The smallest absolute Gasteiger partial charge is 0.253 e. The molecule has 2 saturated heterocycles. The third-order valence-corrected chi connectivity index (χ3v) is 5.13. The number of rotatable bonds is 2. The van der Waals surface area contributed by atoms with Crippen molar-refractivity contribution in [2.45, 2.75) is 43.8 Å². The van der Waals surface area contributed by atoms with Crippen molar-refractivity contribution >= 4 is 28.5 Å². The molecule has 1 aromatic carbocycles. The zero-order valence-corrected chi connectivity index (χ0v) is 13.3. The van der Waals surface area contributed by atoms with Crippen LogP contribution in [0.1, 0.15) is 36.0 Å². The first kappa shape index (κ1) is 13.4. The fourth-order valence-corrected chi connectivity index (χ4v) is 3.66. The van der Waals surface area contributed by atoms with Gasteiger partial charge in [0, 0.05) is 34.3 Å². The lowest BCUT2D eigenvalue weighted by atomic mass is 9.98. The molecule has 2 aliphatic heterocycles. The SMILES string of the molecule is CN(C(=O)c1ccc(I)cc1)C1CC2CCC(C1)N2. The van der Waals surface area contributed by atoms with Gasteiger partial charge in [-0.3, -0.25) is 4.79 Å². The maximum Gasteiger partial charge on any atom is 0.253 e. The summed E-state index contributed by atoms with van der Waals surface area (Å²) in [6.45, 7) is 0. The lowest BCUT2D eigenvalue weighted by Gasteiger charge is -2.35. The van der Waals surface area contributed by atoms with E-state index in [0.29, 0.717) is 18.1 Å². The molecule has 19 heavy (non-hydrogen) atoms. The van der Waals surface area contributed by atoms with Crippen molar-refractivity contribution in [2.75, 3.05) is 7.05 Å². The second-order valence-electron chi connectivity index (χ2n) is 5.69. The Morgan fingerprint density at radius 1 is 1.21 bits per heavy atom. The van der Waals surface area contributed by atoms with Crippen molar-refractivity contribution in [1.82, 2.24) is 10.2 Å². The Labute approximate surface area is 127 Å². The second-order valence-corrected chi connectivity index (χ2v) is 6.93. The number of benzene rings is 1. The summed E-state index contributed by atoms with van der Waals surface area (Å²) < 4.78 is 1.16. The highest BCUT2D eigenvalue weighted by atomic mass is 127. The first-order valence-electron chi connectivity index (χ1n) is 6.92.